The van der Waals surface area contributed by atoms with Gasteiger partial charge >= 0.3 is 5.97 Å². The maximum atomic E-state index is 11.7. The molecule has 0 fully saturated rings. The van der Waals surface area contributed by atoms with E-state index in [0.29, 0.717) is 5.92 Å². The van der Waals surface area contributed by atoms with Gasteiger partial charge in [0.05, 0.1) is 18.3 Å². The van der Waals surface area contributed by atoms with E-state index in [1.54, 1.807) is 11.3 Å². The summed E-state index contributed by atoms with van der Waals surface area (Å²) in [5.74, 6) is 0.245. The van der Waals surface area contributed by atoms with E-state index in [0.717, 1.165) is 12.1 Å². The van der Waals surface area contributed by atoms with Crippen molar-refractivity contribution in [1.82, 2.24) is 10.3 Å². The maximum Gasteiger partial charge on any atom is 0.322 e. The second-order valence-electron chi connectivity index (χ2n) is 4.90. The number of thiazole rings is 1. The Labute approximate surface area is 113 Å². The molecule has 0 spiro atoms. The zero-order valence-corrected chi connectivity index (χ0v) is 12.5. The molecule has 2 atom stereocenters. The van der Waals surface area contributed by atoms with Crippen molar-refractivity contribution in [2.75, 3.05) is 7.11 Å². The summed E-state index contributed by atoms with van der Waals surface area (Å²) in [7, 11) is 1.43. The van der Waals surface area contributed by atoms with Crippen molar-refractivity contribution in [2.45, 2.75) is 46.2 Å². The van der Waals surface area contributed by atoms with Crippen molar-refractivity contribution in [1.29, 1.82) is 0 Å². The molecule has 0 radical (unpaired) electrons. The van der Waals surface area contributed by atoms with Gasteiger partial charge in [-0.3, -0.25) is 10.1 Å². The average molecular weight is 270 g/mol. The number of ether oxygens (including phenoxy) is 1. The number of methoxy groups -OCH3 is 1. The van der Waals surface area contributed by atoms with Crippen molar-refractivity contribution in [3.8, 4) is 0 Å². The van der Waals surface area contributed by atoms with Gasteiger partial charge in [0, 0.05) is 10.9 Å². The van der Waals surface area contributed by atoms with Crippen LogP contribution in [0.15, 0.2) is 5.51 Å². The Hall–Kier alpha value is -0.940. The van der Waals surface area contributed by atoms with Crippen LogP contribution in [0.2, 0.25) is 0 Å². The first-order valence-corrected chi connectivity index (χ1v) is 7.07. The van der Waals surface area contributed by atoms with Crippen LogP contribution in [0.3, 0.4) is 0 Å². The third-order valence-corrected chi connectivity index (χ3v) is 3.93. The minimum absolute atomic E-state index is 0.111. The van der Waals surface area contributed by atoms with E-state index in [1.165, 1.54) is 12.0 Å². The summed E-state index contributed by atoms with van der Waals surface area (Å²) in [5, 5.41) is 3.34. The number of esters is 1. The lowest BCUT2D eigenvalue weighted by Gasteiger charge is -2.22. The quantitative estimate of drug-likeness (QED) is 0.807. The fourth-order valence-electron chi connectivity index (χ4n) is 1.95. The van der Waals surface area contributed by atoms with Gasteiger partial charge in [0.25, 0.3) is 0 Å². The Morgan fingerprint density at radius 2 is 2.17 bits per heavy atom. The standard InChI is InChI=1S/C13H22N2O2S/c1-8(2)6-11(13(16)17-5)15-10(4)12-9(3)14-7-18-12/h7-8,10-11,15H,6H2,1-5H3. The molecular weight excluding hydrogens is 248 g/mol. The van der Waals surface area contributed by atoms with Gasteiger partial charge in [-0.25, -0.2) is 4.98 Å². The number of hydrogen-bond acceptors (Lipinski definition) is 5. The van der Waals surface area contributed by atoms with Crippen LogP contribution in [-0.2, 0) is 9.53 Å². The third kappa shape index (κ3) is 4.07. The molecule has 0 aliphatic heterocycles. The molecule has 5 heteroatoms. The van der Waals surface area contributed by atoms with Crippen LogP contribution < -0.4 is 5.32 Å². The molecule has 0 bridgehead atoms. The second kappa shape index (κ2) is 6.85. The van der Waals surface area contributed by atoms with Gasteiger partial charge in [-0.05, 0) is 26.2 Å². The first-order valence-electron chi connectivity index (χ1n) is 6.19. The smallest absolute Gasteiger partial charge is 0.322 e. The molecule has 4 nitrogen and oxygen atoms in total. The van der Waals surface area contributed by atoms with E-state index in [1.807, 2.05) is 12.4 Å². The van der Waals surface area contributed by atoms with Crippen LogP contribution in [0.5, 0.6) is 0 Å². The van der Waals surface area contributed by atoms with E-state index in [-0.39, 0.29) is 18.1 Å². The molecule has 1 rings (SSSR count). The lowest BCUT2D eigenvalue weighted by molar-refractivity contribution is -0.143. The zero-order chi connectivity index (χ0) is 13.7. The number of rotatable bonds is 6. The normalized spacial score (nSPS) is 14.6. The predicted octanol–water partition coefficient (Wildman–Crippen LogP) is 2.69. The van der Waals surface area contributed by atoms with Crippen LogP contribution in [-0.4, -0.2) is 24.1 Å². The molecule has 0 saturated carbocycles. The molecule has 0 aromatic carbocycles. The lowest BCUT2D eigenvalue weighted by atomic mass is 10.0. The lowest BCUT2D eigenvalue weighted by Crippen LogP contribution is -2.40. The summed E-state index contributed by atoms with van der Waals surface area (Å²) in [6.45, 7) is 8.23. The molecule has 102 valence electrons. The fourth-order valence-corrected chi connectivity index (χ4v) is 2.77. The third-order valence-electron chi connectivity index (χ3n) is 2.82. The fraction of sp³-hybridized carbons (Fsp3) is 0.692. The molecule has 1 aromatic heterocycles. The Balaban J connectivity index is 2.71. The van der Waals surface area contributed by atoms with E-state index >= 15 is 0 Å². The predicted molar refractivity (Wildman–Crippen MR) is 73.7 cm³/mol. The molecule has 1 heterocycles. The van der Waals surface area contributed by atoms with Crippen LogP contribution in [0, 0.1) is 12.8 Å². The summed E-state index contributed by atoms with van der Waals surface area (Å²) in [6, 6.07) is -0.146. The van der Waals surface area contributed by atoms with Gasteiger partial charge in [0.2, 0.25) is 0 Å². The largest absolute Gasteiger partial charge is 0.468 e. The molecule has 2 unspecified atom stereocenters. The Morgan fingerprint density at radius 3 is 2.61 bits per heavy atom. The van der Waals surface area contributed by atoms with E-state index in [2.05, 4.69) is 31.1 Å². The summed E-state index contributed by atoms with van der Waals surface area (Å²) in [4.78, 5) is 17.1. The first kappa shape index (κ1) is 15.1. The topological polar surface area (TPSA) is 51.2 Å². The van der Waals surface area contributed by atoms with Crippen LogP contribution >= 0.6 is 11.3 Å². The number of carbonyl (C=O) groups is 1. The number of nitrogens with zero attached hydrogens (tertiary/aromatic N) is 1. The molecule has 0 saturated heterocycles. The molecule has 0 amide bonds. The van der Waals surface area contributed by atoms with Gasteiger partial charge < -0.3 is 4.74 Å². The van der Waals surface area contributed by atoms with E-state index < -0.39 is 0 Å². The van der Waals surface area contributed by atoms with E-state index in [4.69, 9.17) is 4.74 Å². The van der Waals surface area contributed by atoms with Crippen LogP contribution in [0.25, 0.3) is 0 Å². The van der Waals surface area contributed by atoms with Gasteiger partial charge in [-0.15, -0.1) is 11.3 Å². The average Bonchev–Trinajstić information content (AvgIpc) is 2.73. The highest BCUT2D eigenvalue weighted by atomic mass is 32.1. The van der Waals surface area contributed by atoms with Crippen molar-refractivity contribution in [2.24, 2.45) is 5.92 Å². The summed E-state index contributed by atoms with van der Waals surface area (Å²) in [6.07, 6.45) is 0.773. The number of nitrogens with one attached hydrogen (secondary N) is 1. The van der Waals surface area contributed by atoms with Crippen molar-refractivity contribution in [3.63, 3.8) is 0 Å². The summed E-state index contributed by atoms with van der Waals surface area (Å²) in [5.41, 5.74) is 2.85. The van der Waals surface area contributed by atoms with Crippen molar-refractivity contribution in [3.05, 3.63) is 16.1 Å². The van der Waals surface area contributed by atoms with Gasteiger partial charge in [0.15, 0.2) is 0 Å². The Kier molecular flexibility index (Phi) is 5.75. The highest BCUT2D eigenvalue weighted by molar-refractivity contribution is 7.09. The number of aryl methyl sites for hydroxylation is 1. The van der Waals surface area contributed by atoms with Crippen LogP contribution in [0.1, 0.15) is 43.8 Å². The van der Waals surface area contributed by atoms with E-state index in [9.17, 15) is 4.79 Å². The summed E-state index contributed by atoms with van der Waals surface area (Å²) < 4.78 is 4.85. The monoisotopic (exact) mass is 270 g/mol. The molecule has 1 N–H and O–H groups in total. The molecule has 0 aliphatic rings. The Bertz CT molecular complexity index is 390. The first-order chi connectivity index (χ1) is 8.45. The Morgan fingerprint density at radius 1 is 1.50 bits per heavy atom. The minimum Gasteiger partial charge on any atom is -0.468 e. The highest BCUT2D eigenvalue weighted by Gasteiger charge is 2.23. The maximum absolute atomic E-state index is 11.7. The van der Waals surface area contributed by atoms with Gasteiger partial charge in [-0.1, -0.05) is 13.8 Å². The summed E-state index contributed by atoms with van der Waals surface area (Å²) >= 11 is 1.61. The number of hydrogen-bond donors (Lipinski definition) is 1. The zero-order valence-electron chi connectivity index (χ0n) is 11.7. The van der Waals surface area contributed by atoms with Gasteiger partial charge in [-0.2, -0.15) is 0 Å². The number of carbonyl (C=O) groups excluding carboxylic acids is 1. The van der Waals surface area contributed by atoms with Crippen molar-refractivity contribution >= 4 is 17.3 Å². The second-order valence-corrected chi connectivity index (χ2v) is 5.78. The molecular formula is C13H22N2O2S. The SMILES string of the molecule is COC(=O)C(CC(C)C)NC(C)c1scnc1C. The number of aromatic nitrogens is 1. The minimum atomic E-state index is -0.258. The molecule has 0 aliphatic carbocycles. The van der Waals surface area contributed by atoms with Gasteiger partial charge in [0.1, 0.15) is 6.04 Å². The van der Waals surface area contributed by atoms with Crippen LogP contribution in [0.4, 0.5) is 0 Å². The highest BCUT2D eigenvalue weighted by Crippen LogP contribution is 2.22. The molecule has 1 aromatic rings. The molecule has 18 heavy (non-hydrogen) atoms. The van der Waals surface area contributed by atoms with Crippen molar-refractivity contribution < 1.29 is 9.53 Å².